The van der Waals surface area contributed by atoms with Crippen LogP contribution in [0, 0.1) is 0 Å². The van der Waals surface area contributed by atoms with Crippen molar-refractivity contribution in [3.05, 3.63) is 58.8 Å². The molecule has 0 bridgehead atoms. The lowest BCUT2D eigenvalue weighted by atomic mass is 10.3. The van der Waals surface area contributed by atoms with E-state index in [1.54, 1.807) is 30.6 Å². The standard InChI is InChI=1S/C19H19NO4S2/c1-23-14-5-2-3-6-15(14)24-12-19(22)20-11-13(21)16-8-9-18(26-16)17-7-4-10-25-17/h2-10,13,21H,11-12H2,1H3,(H,20,22). The van der Waals surface area contributed by atoms with Gasteiger partial charge in [0.1, 0.15) is 6.10 Å². The van der Waals surface area contributed by atoms with Gasteiger partial charge in [-0.25, -0.2) is 0 Å². The van der Waals surface area contributed by atoms with Gasteiger partial charge in [0.2, 0.25) is 0 Å². The number of carbonyl (C=O) groups excluding carboxylic acids is 1. The molecule has 0 aliphatic carbocycles. The Labute approximate surface area is 159 Å². The van der Waals surface area contributed by atoms with Gasteiger partial charge in [0.25, 0.3) is 5.91 Å². The van der Waals surface area contributed by atoms with Crippen LogP contribution in [0.3, 0.4) is 0 Å². The first-order chi connectivity index (χ1) is 12.7. The van der Waals surface area contributed by atoms with E-state index in [1.165, 1.54) is 16.2 Å². The van der Waals surface area contributed by atoms with E-state index in [2.05, 4.69) is 5.32 Å². The van der Waals surface area contributed by atoms with E-state index >= 15 is 0 Å². The topological polar surface area (TPSA) is 67.8 Å². The maximum Gasteiger partial charge on any atom is 0.258 e. The number of carbonyl (C=O) groups is 1. The number of aliphatic hydroxyl groups excluding tert-OH is 1. The normalized spacial score (nSPS) is 11.8. The molecule has 0 aliphatic heterocycles. The zero-order chi connectivity index (χ0) is 18.4. The SMILES string of the molecule is COc1ccccc1OCC(=O)NCC(O)c1ccc(-c2cccs2)s1. The molecule has 2 N–H and O–H groups in total. The van der Waals surface area contributed by atoms with E-state index in [1.807, 2.05) is 41.8 Å². The molecule has 136 valence electrons. The Morgan fingerprint density at radius 3 is 2.65 bits per heavy atom. The van der Waals surface area contributed by atoms with Gasteiger partial charge in [0.15, 0.2) is 18.1 Å². The van der Waals surface area contributed by atoms with Crippen molar-refractivity contribution in [2.45, 2.75) is 6.10 Å². The minimum Gasteiger partial charge on any atom is -0.493 e. The number of aliphatic hydroxyl groups is 1. The third-order valence-electron chi connectivity index (χ3n) is 3.64. The Kier molecular flexibility index (Phi) is 6.27. The largest absolute Gasteiger partial charge is 0.493 e. The Hall–Kier alpha value is -2.35. The van der Waals surface area contributed by atoms with E-state index < -0.39 is 6.10 Å². The van der Waals surface area contributed by atoms with Crippen LogP contribution in [0.5, 0.6) is 11.5 Å². The van der Waals surface area contributed by atoms with Gasteiger partial charge in [-0.1, -0.05) is 18.2 Å². The summed E-state index contributed by atoms with van der Waals surface area (Å²) in [6.07, 6.45) is -0.746. The summed E-state index contributed by atoms with van der Waals surface area (Å²) < 4.78 is 10.6. The third-order valence-corrected chi connectivity index (χ3v) is 5.89. The lowest BCUT2D eigenvalue weighted by Gasteiger charge is -2.12. The second-order valence-electron chi connectivity index (χ2n) is 5.44. The molecule has 2 aromatic heterocycles. The van der Waals surface area contributed by atoms with Gasteiger partial charge >= 0.3 is 0 Å². The zero-order valence-corrected chi connectivity index (χ0v) is 15.8. The molecule has 0 saturated carbocycles. The van der Waals surface area contributed by atoms with Crippen LogP contribution in [0.25, 0.3) is 9.75 Å². The predicted molar refractivity (Wildman–Crippen MR) is 104 cm³/mol. The monoisotopic (exact) mass is 389 g/mol. The van der Waals surface area contributed by atoms with Gasteiger partial charge < -0.3 is 19.9 Å². The number of benzene rings is 1. The molecule has 5 nitrogen and oxygen atoms in total. The van der Waals surface area contributed by atoms with E-state index in [-0.39, 0.29) is 19.1 Å². The van der Waals surface area contributed by atoms with Crippen LogP contribution in [0.2, 0.25) is 0 Å². The molecule has 1 amide bonds. The number of rotatable bonds is 8. The van der Waals surface area contributed by atoms with Gasteiger partial charge in [-0.3, -0.25) is 4.79 Å². The maximum atomic E-state index is 12.0. The van der Waals surface area contributed by atoms with Crippen LogP contribution in [0.15, 0.2) is 53.9 Å². The highest BCUT2D eigenvalue weighted by Crippen LogP contribution is 2.33. The van der Waals surface area contributed by atoms with Crippen molar-refractivity contribution in [3.63, 3.8) is 0 Å². The zero-order valence-electron chi connectivity index (χ0n) is 14.2. The second kappa shape index (κ2) is 8.84. The predicted octanol–water partition coefficient (Wildman–Crippen LogP) is 3.71. The fourth-order valence-corrected chi connectivity index (χ4v) is 4.16. The molecule has 3 aromatic rings. The molecule has 0 spiro atoms. The van der Waals surface area contributed by atoms with Crippen molar-refractivity contribution >= 4 is 28.6 Å². The first-order valence-electron chi connectivity index (χ1n) is 8.01. The molecule has 26 heavy (non-hydrogen) atoms. The molecule has 3 rings (SSSR count). The second-order valence-corrected chi connectivity index (χ2v) is 7.50. The summed E-state index contributed by atoms with van der Waals surface area (Å²) in [6, 6.07) is 15.1. The van der Waals surface area contributed by atoms with E-state index in [0.29, 0.717) is 11.5 Å². The highest BCUT2D eigenvalue weighted by Gasteiger charge is 2.14. The van der Waals surface area contributed by atoms with Crippen molar-refractivity contribution in [1.29, 1.82) is 0 Å². The molecule has 0 aliphatic rings. The number of para-hydroxylation sites is 2. The summed E-state index contributed by atoms with van der Waals surface area (Å²) in [5, 5.41) is 15.0. The number of nitrogens with one attached hydrogen (secondary N) is 1. The smallest absolute Gasteiger partial charge is 0.258 e. The Morgan fingerprint density at radius 1 is 1.12 bits per heavy atom. The average Bonchev–Trinajstić information content (AvgIpc) is 3.36. The lowest BCUT2D eigenvalue weighted by Crippen LogP contribution is -2.32. The number of ether oxygens (including phenoxy) is 2. The number of hydrogen-bond acceptors (Lipinski definition) is 6. The highest BCUT2D eigenvalue weighted by molar-refractivity contribution is 7.21. The van der Waals surface area contributed by atoms with Crippen molar-refractivity contribution in [1.82, 2.24) is 5.32 Å². The summed E-state index contributed by atoms with van der Waals surface area (Å²) in [5.74, 6) is 0.773. The molecule has 1 unspecified atom stereocenters. The molecule has 2 heterocycles. The molecule has 1 aromatic carbocycles. The first kappa shape index (κ1) is 18.4. The number of hydrogen-bond donors (Lipinski definition) is 2. The minimum atomic E-state index is -0.746. The van der Waals surface area contributed by atoms with Gasteiger partial charge in [-0.15, -0.1) is 22.7 Å². The molecular weight excluding hydrogens is 370 g/mol. The first-order valence-corrected chi connectivity index (χ1v) is 9.71. The van der Waals surface area contributed by atoms with Crippen LogP contribution >= 0.6 is 22.7 Å². The number of thiophene rings is 2. The van der Waals surface area contributed by atoms with Crippen LogP contribution in [0.1, 0.15) is 11.0 Å². The van der Waals surface area contributed by atoms with E-state index in [0.717, 1.165) is 9.75 Å². The van der Waals surface area contributed by atoms with E-state index in [4.69, 9.17) is 9.47 Å². The van der Waals surface area contributed by atoms with Gasteiger partial charge in [0.05, 0.1) is 7.11 Å². The highest BCUT2D eigenvalue weighted by atomic mass is 32.1. The fourth-order valence-electron chi connectivity index (χ4n) is 2.33. The van der Waals surface area contributed by atoms with Crippen molar-refractivity contribution < 1.29 is 19.4 Å². The van der Waals surface area contributed by atoms with Crippen LogP contribution in [-0.2, 0) is 4.79 Å². The molecular formula is C19H19NO4S2. The Balaban J connectivity index is 1.48. The summed E-state index contributed by atoms with van der Waals surface area (Å²) in [6.45, 7) is -0.00348. The summed E-state index contributed by atoms with van der Waals surface area (Å²) >= 11 is 3.19. The molecule has 7 heteroatoms. The molecule has 0 saturated heterocycles. The molecule has 0 radical (unpaired) electrons. The van der Waals surface area contributed by atoms with Crippen LogP contribution in [-0.4, -0.2) is 31.3 Å². The van der Waals surface area contributed by atoms with Crippen molar-refractivity contribution in [3.8, 4) is 21.3 Å². The lowest BCUT2D eigenvalue weighted by molar-refractivity contribution is -0.123. The molecule has 0 fully saturated rings. The van der Waals surface area contributed by atoms with E-state index in [9.17, 15) is 9.90 Å². The summed E-state index contributed by atoms with van der Waals surface area (Å²) in [7, 11) is 1.55. The van der Waals surface area contributed by atoms with Crippen molar-refractivity contribution in [2.75, 3.05) is 20.3 Å². The van der Waals surface area contributed by atoms with Crippen molar-refractivity contribution in [2.24, 2.45) is 0 Å². The Morgan fingerprint density at radius 2 is 1.92 bits per heavy atom. The van der Waals surface area contributed by atoms with Gasteiger partial charge in [-0.2, -0.15) is 0 Å². The molecule has 1 atom stereocenters. The van der Waals surface area contributed by atoms with Gasteiger partial charge in [0, 0.05) is 21.2 Å². The Bertz CT molecular complexity index is 845. The summed E-state index contributed by atoms with van der Waals surface area (Å²) in [5.41, 5.74) is 0. The number of methoxy groups -OCH3 is 1. The average molecular weight is 389 g/mol. The van der Waals surface area contributed by atoms with Gasteiger partial charge in [-0.05, 0) is 35.7 Å². The van der Waals surface area contributed by atoms with Crippen LogP contribution < -0.4 is 14.8 Å². The quantitative estimate of drug-likeness (QED) is 0.616. The van der Waals surface area contributed by atoms with Crippen LogP contribution in [0.4, 0.5) is 0 Å². The number of amides is 1. The maximum absolute atomic E-state index is 12.0. The fraction of sp³-hybridized carbons (Fsp3) is 0.211. The minimum absolute atomic E-state index is 0.137. The third kappa shape index (κ3) is 4.63. The summed E-state index contributed by atoms with van der Waals surface area (Å²) in [4.78, 5) is 15.1.